The van der Waals surface area contributed by atoms with E-state index in [0.29, 0.717) is 13.2 Å². The topological polar surface area (TPSA) is 29.5 Å². The van der Waals surface area contributed by atoms with Crippen LogP contribution in [-0.4, -0.2) is 12.6 Å². The molecule has 3 heteroatoms. The van der Waals surface area contributed by atoms with Crippen LogP contribution in [0, 0.1) is 6.92 Å². The zero-order valence-electron chi connectivity index (χ0n) is 11.9. The average Bonchev–Trinajstić information content (AvgIpc) is 2.47. The van der Waals surface area contributed by atoms with Crippen LogP contribution in [-0.2, 0) is 11.3 Å². The highest BCUT2D eigenvalue weighted by Gasteiger charge is 2.15. The fourth-order valence-electron chi connectivity index (χ4n) is 2.01. The molecule has 2 rings (SSSR count). The average molecular weight is 269 g/mol. The predicted molar refractivity (Wildman–Crippen MR) is 80.8 cm³/mol. The second-order valence-corrected chi connectivity index (χ2v) is 4.62. The molecule has 0 aliphatic carbocycles. The van der Waals surface area contributed by atoms with Gasteiger partial charge in [0.2, 0.25) is 0 Å². The molecular weight excluding hydrogens is 250 g/mol. The smallest absolute Gasteiger partial charge is 0.414 e. The maximum Gasteiger partial charge on any atom is 0.414 e. The SMILES string of the molecule is CCN(C(=O)OCc1ccccc1)c1cccc(C)c1. The lowest BCUT2D eigenvalue weighted by Gasteiger charge is -2.20. The summed E-state index contributed by atoms with van der Waals surface area (Å²) in [5, 5.41) is 0. The van der Waals surface area contributed by atoms with Crippen LogP contribution in [0.1, 0.15) is 18.1 Å². The molecule has 0 aromatic heterocycles. The first kappa shape index (κ1) is 14.1. The molecule has 0 saturated heterocycles. The van der Waals surface area contributed by atoms with Gasteiger partial charge in [0.05, 0.1) is 0 Å². The molecule has 0 unspecified atom stereocenters. The number of aryl methyl sites for hydroxylation is 1. The lowest BCUT2D eigenvalue weighted by molar-refractivity contribution is 0.147. The molecule has 2 aromatic carbocycles. The molecule has 0 heterocycles. The number of anilines is 1. The first-order chi connectivity index (χ1) is 9.70. The van der Waals surface area contributed by atoms with Crippen molar-refractivity contribution in [2.24, 2.45) is 0 Å². The van der Waals surface area contributed by atoms with Gasteiger partial charge < -0.3 is 4.74 Å². The van der Waals surface area contributed by atoms with Crippen molar-refractivity contribution >= 4 is 11.8 Å². The van der Waals surface area contributed by atoms with Crippen LogP contribution in [0.2, 0.25) is 0 Å². The third-order valence-corrected chi connectivity index (χ3v) is 3.06. The summed E-state index contributed by atoms with van der Waals surface area (Å²) in [4.78, 5) is 13.8. The minimum absolute atomic E-state index is 0.294. The van der Waals surface area contributed by atoms with E-state index < -0.39 is 0 Å². The van der Waals surface area contributed by atoms with Crippen molar-refractivity contribution in [3.05, 3.63) is 65.7 Å². The van der Waals surface area contributed by atoms with E-state index in [1.54, 1.807) is 4.90 Å². The summed E-state index contributed by atoms with van der Waals surface area (Å²) >= 11 is 0. The summed E-state index contributed by atoms with van der Waals surface area (Å²) < 4.78 is 5.36. The second kappa shape index (κ2) is 6.75. The second-order valence-electron chi connectivity index (χ2n) is 4.62. The van der Waals surface area contributed by atoms with Gasteiger partial charge >= 0.3 is 6.09 Å². The predicted octanol–water partition coefficient (Wildman–Crippen LogP) is 4.16. The van der Waals surface area contributed by atoms with Crippen LogP contribution in [0.25, 0.3) is 0 Å². The lowest BCUT2D eigenvalue weighted by atomic mass is 10.2. The van der Waals surface area contributed by atoms with Crippen molar-refractivity contribution in [2.75, 3.05) is 11.4 Å². The molecule has 20 heavy (non-hydrogen) atoms. The number of hydrogen-bond donors (Lipinski definition) is 0. The maximum atomic E-state index is 12.2. The lowest BCUT2D eigenvalue weighted by Crippen LogP contribution is -2.31. The van der Waals surface area contributed by atoms with Gasteiger partial charge in [-0.2, -0.15) is 0 Å². The molecular formula is C17H19NO2. The molecule has 1 amide bonds. The minimum atomic E-state index is -0.318. The minimum Gasteiger partial charge on any atom is -0.444 e. The van der Waals surface area contributed by atoms with Crippen molar-refractivity contribution in [1.29, 1.82) is 0 Å². The summed E-state index contributed by atoms with van der Waals surface area (Å²) in [6.07, 6.45) is -0.318. The van der Waals surface area contributed by atoms with E-state index in [4.69, 9.17) is 4.74 Å². The molecule has 0 fully saturated rings. The standard InChI is InChI=1S/C17H19NO2/c1-3-18(16-11-7-8-14(2)12-16)17(19)20-13-15-9-5-4-6-10-15/h4-12H,3,13H2,1-2H3. The molecule has 0 atom stereocenters. The van der Waals surface area contributed by atoms with Gasteiger partial charge in [-0.05, 0) is 37.1 Å². The fourth-order valence-corrected chi connectivity index (χ4v) is 2.01. The number of carbonyl (C=O) groups is 1. The Balaban J connectivity index is 2.02. The molecule has 0 spiro atoms. The summed E-state index contributed by atoms with van der Waals surface area (Å²) in [6.45, 7) is 4.82. The monoisotopic (exact) mass is 269 g/mol. The number of carbonyl (C=O) groups excluding carboxylic acids is 1. The molecule has 0 aliphatic heterocycles. The van der Waals surface area contributed by atoms with Crippen molar-refractivity contribution < 1.29 is 9.53 Å². The number of benzene rings is 2. The highest BCUT2D eigenvalue weighted by Crippen LogP contribution is 2.17. The van der Waals surface area contributed by atoms with Gasteiger partial charge in [-0.15, -0.1) is 0 Å². The van der Waals surface area contributed by atoms with E-state index in [1.165, 1.54) is 0 Å². The Morgan fingerprint density at radius 1 is 1.10 bits per heavy atom. The van der Waals surface area contributed by atoms with Gasteiger partial charge in [-0.3, -0.25) is 4.90 Å². The van der Waals surface area contributed by atoms with Gasteiger partial charge in [-0.25, -0.2) is 4.79 Å². The normalized spacial score (nSPS) is 10.1. The Labute approximate surface area is 119 Å². The maximum absolute atomic E-state index is 12.2. The zero-order chi connectivity index (χ0) is 14.4. The molecule has 0 N–H and O–H groups in total. The Morgan fingerprint density at radius 2 is 1.85 bits per heavy atom. The highest BCUT2D eigenvalue weighted by molar-refractivity contribution is 5.87. The first-order valence-electron chi connectivity index (χ1n) is 6.75. The molecule has 0 radical (unpaired) electrons. The molecule has 104 valence electrons. The van der Waals surface area contributed by atoms with Crippen LogP contribution in [0.4, 0.5) is 10.5 Å². The summed E-state index contributed by atoms with van der Waals surface area (Å²) in [7, 11) is 0. The molecule has 0 aliphatic rings. The van der Waals surface area contributed by atoms with Gasteiger partial charge in [0, 0.05) is 12.2 Å². The van der Waals surface area contributed by atoms with Crippen LogP contribution in [0.15, 0.2) is 54.6 Å². The van der Waals surface area contributed by atoms with E-state index in [9.17, 15) is 4.79 Å². The molecule has 0 saturated carbocycles. The zero-order valence-corrected chi connectivity index (χ0v) is 11.9. The fraction of sp³-hybridized carbons (Fsp3) is 0.235. The van der Waals surface area contributed by atoms with E-state index in [-0.39, 0.29) is 6.09 Å². The Hall–Kier alpha value is -2.29. The number of nitrogens with zero attached hydrogens (tertiary/aromatic N) is 1. The number of hydrogen-bond acceptors (Lipinski definition) is 2. The number of amides is 1. The quantitative estimate of drug-likeness (QED) is 0.834. The molecule has 2 aromatic rings. The van der Waals surface area contributed by atoms with Gasteiger partial charge in [0.15, 0.2) is 0 Å². The Morgan fingerprint density at radius 3 is 2.50 bits per heavy atom. The molecule has 3 nitrogen and oxygen atoms in total. The van der Waals surface area contributed by atoms with Gasteiger partial charge in [-0.1, -0.05) is 42.5 Å². The van der Waals surface area contributed by atoms with Crippen molar-refractivity contribution in [3.8, 4) is 0 Å². The Bertz CT molecular complexity index is 566. The number of ether oxygens (including phenoxy) is 1. The van der Waals surface area contributed by atoms with Crippen molar-refractivity contribution in [2.45, 2.75) is 20.5 Å². The highest BCUT2D eigenvalue weighted by atomic mass is 16.6. The first-order valence-corrected chi connectivity index (χ1v) is 6.75. The van der Waals surface area contributed by atoms with Gasteiger partial charge in [0.25, 0.3) is 0 Å². The third-order valence-electron chi connectivity index (χ3n) is 3.06. The van der Waals surface area contributed by atoms with Crippen LogP contribution in [0.5, 0.6) is 0 Å². The van der Waals surface area contributed by atoms with E-state index in [2.05, 4.69) is 0 Å². The van der Waals surface area contributed by atoms with E-state index >= 15 is 0 Å². The van der Waals surface area contributed by atoms with Crippen molar-refractivity contribution in [3.63, 3.8) is 0 Å². The summed E-state index contributed by atoms with van der Waals surface area (Å²) in [5.74, 6) is 0. The van der Waals surface area contributed by atoms with Crippen LogP contribution >= 0.6 is 0 Å². The van der Waals surface area contributed by atoms with Gasteiger partial charge in [0.1, 0.15) is 6.61 Å². The Kier molecular flexibility index (Phi) is 4.77. The number of rotatable bonds is 4. The van der Waals surface area contributed by atoms with E-state index in [0.717, 1.165) is 16.8 Å². The largest absolute Gasteiger partial charge is 0.444 e. The summed E-state index contributed by atoms with van der Waals surface area (Å²) in [5.41, 5.74) is 2.98. The van der Waals surface area contributed by atoms with Crippen LogP contribution in [0.3, 0.4) is 0 Å². The van der Waals surface area contributed by atoms with Crippen LogP contribution < -0.4 is 4.90 Å². The summed E-state index contributed by atoms with van der Waals surface area (Å²) in [6, 6.07) is 17.5. The molecule has 0 bridgehead atoms. The van der Waals surface area contributed by atoms with E-state index in [1.807, 2.05) is 68.4 Å². The van der Waals surface area contributed by atoms with Crippen molar-refractivity contribution in [1.82, 2.24) is 0 Å². The third kappa shape index (κ3) is 3.60.